The predicted molar refractivity (Wildman–Crippen MR) is 80.2 cm³/mol. The summed E-state index contributed by atoms with van der Waals surface area (Å²) >= 11 is 0. The van der Waals surface area contributed by atoms with E-state index in [2.05, 4.69) is 16.2 Å². The van der Waals surface area contributed by atoms with Gasteiger partial charge in [-0.05, 0) is 12.1 Å². The zero-order valence-electron chi connectivity index (χ0n) is 12.9. The minimum Gasteiger partial charge on any atom is -0.497 e. The van der Waals surface area contributed by atoms with Crippen molar-refractivity contribution in [2.24, 2.45) is 0 Å². The summed E-state index contributed by atoms with van der Waals surface area (Å²) < 4.78 is 5.07. The lowest BCUT2D eigenvalue weighted by Crippen LogP contribution is -3.11. The summed E-state index contributed by atoms with van der Waals surface area (Å²) in [4.78, 5) is 34.7. The highest BCUT2D eigenvalue weighted by atomic mass is 16.5. The molecule has 0 aliphatic carbocycles. The zero-order chi connectivity index (χ0) is 16.5. The Morgan fingerprint density at radius 3 is 2.45 bits per heavy atom. The first kappa shape index (κ1) is 17.4. The van der Waals surface area contributed by atoms with E-state index in [1.165, 1.54) is 6.92 Å². The Morgan fingerprint density at radius 2 is 1.82 bits per heavy atom. The molecular formula is C14H21N4O4+. The van der Waals surface area contributed by atoms with E-state index in [1.807, 2.05) is 0 Å². The van der Waals surface area contributed by atoms with Crippen molar-refractivity contribution >= 4 is 23.4 Å². The summed E-state index contributed by atoms with van der Waals surface area (Å²) in [5.41, 5.74) is 5.06. The molecule has 0 radical (unpaired) electrons. The molecule has 3 amide bonds. The molecule has 0 fully saturated rings. The molecule has 22 heavy (non-hydrogen) atoms. The number of hydrogen-bond acceptors (Lipinski definition) is 4. The van der Waals surface area contributed by atoms with Crippen LogP contribution in [0.25, 0.3) is 0 Å². The number of amides is 3. The molecule has 1 atom stereocenters. The van der Waals surface area contributed by atoms with E-state index in [-0.39, 0.29) is 30.8 Å². The molecular weight excluding hydrogens is 288 g/mol. The Hall–Kier alpha value is -2.61. The van der Waals surface area contributed by atoms with Crippen molar-refractivity contribution < 1.29 is 24.0 Å². The van der Waals surface area contributed by atoms with Gasteiger partial charge in [-0.2, -0.15) is 0 Å². The Kier molecular flexibility index (Phi) is 6.84. The van der Waals surface area contributed by atoms with E-state index in [1.54, 1.807) is 38.4 Å². The number of rotatable bonds is 6. The quantitative estimate of drug-likeness (QED) is 0.471. The average molecular weight is 309 g/mol. The van der Waals surface area contributed by atoms with Crippen LogP contribution in [0, 0.1) is 0 Å². The second-order valence-corrected chi connectivity index (χ2v) is 4.82. The Balaban J connectivity index is 2.40. The van der Waals surface area contributed by atoms with Crippen molar-refractivity contribution in [2.45, 2.75) is 6.92 Å². The first-order valence-corrected chi connectivity index (χ1v) is 6.71. The third kappa shape index (κ3) is 6.71. The Morgan fingerprint density at radius 1 is 1.14 bits per heavy atom. The monoisotopic (exact) mass is 309 g/mol. The molecule has 1 rings (SSSR count). The van der Waals surface area contributed by atoms with Crippen molar-refractivity contribution in [1.29, 1.82) is 0 Å². The average Bonchev–Trinajstić information content (AvgIpc) is 2.44. The van der Waals surface area contributed by atoms with Crippen molar-refractivity contribution in [3.8, 4) is 5.75 Å². The standard InChI is InChI=1S/C14H20N4O4/c1-10(19)16-17-14(21)9-18(2)8-13(20)15-11-5-4-6-12(7-11)22-3/h4-7H,8-9H2,1-3H3,(H,15,20)(H,16,19)(H,17,21)/p+1. The maximum Gasteiger partial charge on any atom is 0.293 e. The van der Waals surface area contributed by atoms with Crippen LogP contribution < -0.4 is 25.8 Å². The van der Waals surface area contributed by atoms with Crippen LogP contribution in [0.5, 0.6) is 5.75 Å². The summed E-state index contributed by atoms with van der Waals surface area (Å²) in [6.45, 7) is 1.47. The summed E-state index contributed by atoms with van der Waals surface area (Å²) in [7, 11) is 3.26. The molecule has 0 saturated heterocycles. The number of hydrogen-bond donors (Lipinski definition) is 4. The van der Waals surface area contributed by atoms with Crippen LogP contribution >= 0.6 is 0 Å². The van der Waals surface area contributed by atoms with Crippen LogP contribution in [0.15, 0.2) is 24.3 Å². The Bertz CT molecular complexity index is 547. The summed E-state index contributed by atoms with van der Waals surface area (Å²) in [6.07, 6.45) is 0. The minimum absolute atomic E-state index is 0.0613. The van der Waals surface area contributed by atoms with Gasteiger partial charge in [-0.25, -0.2) is 0 Å². The first-order valence-electron chi connectivity index (χ1n) is 6.71. The molecule has 120 valence electrons. The Labute approximate surface area is 128 Å². The number of anilines is 1. The highest BCUT2D eigenvalue weighted by molar-refractivity contribution is 5.91. The van der Waals surface area contributed by atoms with Crippen LogP contribution in [0.4, 0.5) is 5.69 Å². The van der Waals surface area contributed by atoms with Gasteiger partial charge >= 0.3 is 0 Å². The number of hydrazine groups is 1. The number of ether oxygens (including phenoxy) is 1. The van der Waals surface area contributed by atoms with Gasteiger partial charge in [0.15, 0.2) is 13.1 Å². The highest BCUT2D eigenvalue weighted by Gasteiger charge is 2.14. The number of likely N-dealkylation sites (N-methyl/N-ethyl adjacent to an activating group) is 1. The lowest BCUT2D eigenvalue weighted by atomic mass is 10.3. The normalized spacial score (nSPS) is 11.2. The van der Waals surface area contributed by atoms with E-state index in [0.717, 1.165) is 0 Å². The zero-order valence-corrected chi connectivity index (χ0v) is 12.9. The maximum atomic E-state index is 11.9. The minimum atomic E-state index is -0.373. The van der Waals surface area contributed by atoms with Crippen LogP contribution in [0.2, 0.25) is 0 Å². The molecule has 8 heteroatoms. The second kappa shape index (κ2) is 8.63. The fourth-order valence-corrected chi connectivity index (χ4v) is 1.72. The number of carbonyl (C=O) groups is 3. The highest BCUT2D eigenvalue weighted by Crippen LogP contribution is 2.16. The molecule has 0 aliphatic rings. The van der Waals surface area contributed by atoms with Crippen molar-refractivity contribution in [3.05, 3.63) is 24.3 Å². The summed E-state index contributed by atoms with van der Waals surface area (Å²) in [5.74, 6) is -0.310. The fourth-order valence-electron chi connectivity index (χ4n) is 1.72. The molecule has 0 saturated carbocycles. The van der Waals surface area contributed by atoms with E-state index < -0.39 is 0 Å². The van der Waals surface area contributed by atoms with Gasteiger partial charge in [0.05, 0.1) is 14.2 Å². The smallest absolute Gasteiger partial charge is 0.293 e. The third-order valence-electron chi connectivity index (χ3n) is 2.66. The van der Waals surface area contributed by atoms with Crippen molar-refractivity contribution in [1.82, 2.24) is 10.9 Å². The lowest BCUT2D eigenvalue weighted by molar-refractivity contribution is -0.862. The van der Waals surface area contributed by atoms with Gasteiger partial charge in [-0.1, -0.05) is 6.07 Å². The predicted octanol–water partition coefficient (Wildman–Crippen LogP) is -1.68. The van der Waals surface area contributed by atoms with Gasteiger partial charge in [0.2, 0.25) is 5.91 Å². The van der Waals surface area contributed by atoms with Crippen LogP contribution in [0.3, 0.4) is 0 Å². The molecule has 0 aliphatic heterocycles. The molecule has 0 spiro atoms. The molecule has 0 bridgehead atoms. The number of quaternary nitrogens is 1. The third-order valence-corrected chi connectivity index (χ3v) is 2.66. The van der Waals surface area contributed by atoms with Gasteiger partial charge in [0, 0.05) is 18.7 Å². The van der Waals surface area contributed by atoms with E-state index in [4.69, 9.17) is 4.74 Å². The van der Waals surface area contributed by atoms with Crippen LogP contribution in [-0.4, -0.2) is 45.0 Å². The number of nitrogens with one attached hydrogen (secondary N) is 4. The van der Waals surface area contributed by atoms with Crippen LogP contribution in [-0.2, 0) is 14.4 Å². The fraction of sp³-hybridized carbons (Fsp3) is 0.357. The van der Waals surface area contributed by atoms with Crippen molar-refractivity contribution in [3.63, 3.8) is 0 Å². The molecule has 1 unspecified atom stereocenters. The second-order valence-electron chi connectivity index (χ2n) is 4.82. The SMILES string of the molecule is COc1cccc(NC(=O)C[NH+](C)CC(=O)NNC(C)=O)c1. The maximum absolute atomic E-state index is 11.9. The number of benzene rings is 1. The molecule has 0 heterocycles. The summed E-state index contributed by atoms with van der Waals surface area (Å²) in [6, 6.07) is 7.00. The van der Waals surface area contributed by atoms with Crippen molar-refractivity contribution in [2.75, 3.05) is 32.6 Å². The molecule has 4 N–H and O–H groups in total. The molecule has 1 aromatic carbocycles. The van der Waals surface area contributed by atoms with Gasteiger partial charge in [0.1, 0.15) is 5.75 Å². The van der Waals surface area contributed by atoms with Crippen LogP contribution in [0.1, 0.15) is 6.92 Å². The molecule has 1 aromatic rings. The topological polar surface area (TPSA) is 101 Å². The number of methoxy groups -OCH3 is 1. The first-order chi connectivity index (χ1) is 10.4. The lowest BCUT2D eigenvalue weighted by Gasteiger charge is -2.14. The van der Waals surface area contributed by atoms with E-state index >= 15 is 0 Å². The van der Waals surface area contributed by atoms with E-state index in [9.17, 15) is 14.4 Å². The van der Waals surface area contributed by atoms with Gasteiger partial charge in [-0.15, -0.1) is 0 Å². The van der Waals surface area contributed by atoms with Gasteiger partial charge in [-0.3, -0.25) is 25.2 Å². The van der Waals surface area contributed by atoms with Gasteiger partial charge < -0.3 is 15.0 Å². The summed E-state index contributed by atoms with van der Waals surface area (Å²) in [5, 5.41) is 2.73. The number of carbonyl (C=O) groups excluding carboxylic acids is 3. The largest absolute Gasteiger partial charge is 0.497 e. The van der Waals surface area contributed by atoms with Gasteiger partial charge in [0.25, 0.3) is 11.8 Å². The molecule has 8 nitrogen and oxygen atoms in total. The molecule has 0 aromatic heterocycles. The van der Waals surface area contributed by atoms with E-state index in [0.29, 0.717) is 16.3 Å².